The Labute approximate surface area is 112 Å². The summed E-state index contributed by atoms with van der Waals surface area (Å²) >= 11 is 0. The SMILES string of the molecule is COCC(NS(=O)(=O)c1cc(C)ccc1C)C(=O)O. The molecule has 0 aliphatic heterocycles. The van der Waals surface area contributed by atoms with Gasteiger partial charge in [-0.25, -0.2) is 8.42 Å². The molecule has 0 saturated carbocycles. The summed E-state index contributed by atoms with van der Waals surface area (Å²) in [5.74, 6) is -1.28. The maximum atomic E-state index is 12.2. The quantitative estimate of drug-likeness (QED) is 0.802. The lowest BCUT2D eigenvalue weighted by atomic mass is 10.2. The summed E-state index contributed by atoms with van der Waals surface area (Å²) in [4.78, 5) is 11.0. The summed E-state index contributed by atoms with van der Waals surface area (Å²) in [7, 11) is -2.58. The second-order valence-electron chi connectivity index (χ2n) is 4.24. The van der Waals surface area contributed by atoms with Crippen LogP contribution in [0, 0.1) is 13.8 Å². The van der Waals surface area contributed by atoms with Crippen LogP contribution in [0.25, 0.3) is 0 Å². The van der Waals surface area contributed by atoms with Gasteiger partial charge >= 0.3 is 5.97 Å². The third-order valence-electron chi connectivity index (χ3n) is 2.56. The van der Waals surface area contributed by atoms with Crippen LogP contribution in [0.2, 0.25) is 0 Å². The van der Waals surface area contributed by atoms with Crippen LogP contribution in [-0.4, -0.2) is 39.3 Å². The number of carbonyl (C=O) groups is 1. The Hall–Kier alpha value is -1.44. The van der Waals surface area contributed by atoms with Crippen molar-refractivity contribution in [2.45, 2.75) is 24.8 Å². The highest BCUT2D eigenvalue weighted by Gasteiger charge is 2.26. The Bertz CT molecular complexity index is 567. The summed E-state index contributed by atoms with van der Waals surface area (Å²) in [5.41, 5.74) is 1.34. The van der Waals surface area contributed by atoms with Gasteiger partial charge in [0, 0.05) is 7.11 Å². The monoisotopic (exact) mass is 287 g/mol. The van der Waals surface area contributed by atoms with Gasteiger partial charge in [-0.2, -0.15) is 4.72 Å². The number of carboxylic acid groups (broad SMARTS) is 1. The summed E-state index contributed by atoms with van der Waals surface area (Å²) in [6, 6.07) is 3.66. The highest BCUT2D eigenvalue weighted by atomic mass is 32.2. The van der Waals surface area contributed by atoms with Gasteiger partial charge in [0.2, 0.25) is 10.0 Å². The minimum Gasteiger partial charge on any atom is -0.480 e. The van der Waals surface area contributed by atoms with Crippen LogP contribution in [0.3, 0.4) is 0 Å². The van der Waals surface area contributed by atoms with Crippen molar-refractivity contribution in [3.63, 3.8) is 0 Å². The van der Waals surface area contributed by atoms with Crippen LogP contribution >= 0.6 is 0 Å². The van der Waals surface area contributed by atoms with Gasteiger partial charge in [0.05, 0.1) is 11.5 Å². The number of nitrogens with one attached hydrogen (secondary N) is 1. The first-order chi connectivity index (χ1) is 8.77. The van der Waals surface area contributed by atoms with E-state index in [0.717, 1.165) is 5.56 Å². The van der Waals surface area contributed by atoms with Gasteiger partial charge in [0.25, 0.3) is 0 Å². The van der Waals surface area contributed by atoms with Crippen molar-refractivity contribution in [2.24, 2.45) is 0 Å². The number of methoxy groups -OCH3 is 1. The number of sulfonamides is 1. The molecule has 1 atom stereocenters. The average Bonchev–Trinajstić information content (AvgIpc) is 2.31. The van der Waals surface area contributed by atoms with E-state index in [9.17, 15) is 13.2 Å². The van der Waals surface area contributed by atoms with Gasteiger partial charge in [-0.3, -0.25) is 4.79 Å². The van der Waals surface area contributed by atoms with Gasteiger partial charge in [0.15, 0.2) is 0 Å². The lowest BCUT2D eigenvalue weighted by molar-refractivity contribution is -0.140. The maximum Gasteiger partial charge on any atom is 0.324 e. The van der Waals surface area contributed by atoms with Crippen LogP contribution < -0.4 is 4.72 Å². The van der Waals surface area contributed by atoms with Crippen LogP contribution in [0.1, 0.15) is 11.1 Å². The third kappa shape index (κ3) is 4.02. The van der Waals surface area contributed by atoms with Crippen molar-refractivity contribution in [2.75, 3.05) is 13.7 Å². The fourth-order valence-electron chi connectivity index (χ4n) is 1.57. The number of aliphatic carboxylic acids is 1. The van der Waals surface area contributed by atoms with E-state index in [4.69, 9.17) is 9.84 Å². The normalized spacial score (nSPS) is 13.2. The summed E-state index contributed by atoms with van der Waals surface area (Å²) < 4.78 is 31.1. The minimum absolute atomic E-state index is 0.0786. The lowest BCUT2D eigenvalue weighted by Gasteiger charge is -2.15. The zero-order chi connectivity index (χ0) is 14.6. The second-order valence-corrected chi connectivity index (χ2v) is 5.92. The Kier molecular flexibility index (Phi) is 5.04. The molecule has 0 spiro atoms. The highest BCUT2D eigenvalue weighted by molar-refractivity contribution is 7.89. The molecule has 1 aromatic rings. The molecule has 106 valence electrons. The molecule has 0 aliphatic carbocycles. The fourth-order valence-corrected chi connectivity index (χ4v) is 3.07. The first-order valence-corrected chi connectivity index (χ1v) is 7.07. The average molecular weight is 287 g/mol. The molecule has 19 heavy (non-hydrogen) atoms. The van der Waals surface area contributed by atoms with E-state index >= 15 is 0 Å². The van der Waals surface area contributed by atoms with Crippen LogP contribution in [-0.2, 0) is 19.6 Å². The van der Waals surface area contributed by atoms with Crippen molar-refractivity contribution < 1.29 is 23.1 Å². The first kappa shape index (κ1) is 15.6. The molecule has 0 bridgehead atoms. The zero-order valence-electron chi connectivity index (χ0n) is 11.0. The van der Waals surface area contributed by atoms with E-state index in [-0.39, 0.29) is 11.5 Å². The van der Waals surface area contributed by atoms with E-state index in [1.165, 1.54) is 13.2 Å². The molecule has 1 rings (SSSR count). The summed E-state index contributed by atoms with van der Waals surface area (Å²) in [6.07, 6.45) is 0. The molecular weight excluding hydrogens is 270 g/mol. The van der Waals surface area contributed by atoms with Crippen molar-refractivity contribution in [1.29, 1.82) is 0 Å². The molecule has 2 N–H and O–H groups in total. The molecule has 6 nitrogen and oxygen atoms in total. The van der Waals surface area contributed by atoms with Gasteiger partial charge in [0.1, 0.15) is 6.04 Å². The molecule has 0 saturated heterocycles. The molecule has 1 unspecified atom stereocenters. The number of hydrogen-bond donors (Lipinski definition) is 2. The highest BCUT2D eigenvalue weighted by Crippen LogP contribution is 2.17. The number of benzene rings is 1. The Morgan fingerprint density at radius 2 is 2.05 bits per heavy atom. The number of carboxylic acids is 1. The molecule has 0 aliphatic rings. The predicted octanol–water partition coefficient (Wildman–Crippen LogP) is 0.681. The van der Waals surface area contributed by atoms with E-state index in [1.807, 2.05) is 0 Å². The van der Waals surface area contributed by atoms with Crippen molar-refractivity contribution in [3.8, 4) is 0 Å². The Balaban J connectivity index is 3.10. The molecule has 0 radical (unpaired) electrons. The number of ether oxygens (including phenoxy) is 1. The Morgan fingerprint density at radius 3 is 2.58 bits per heavy atom. The van der Waals surface area contributed by atoms with E-state index in [2.05, 4.69) is 4.72 Å². The molecule has 0 fully saturated rings. The van der Waals surface area contributed by atoms with Gasteiger partial charge in [-0.05, 0) is 31.0 Å². The largest absolute Gasteiger partial charge is 0.480 e. The smallest absolute Gasteiger partial charge is 0.324 e. The van der Waals surface area contributed by atoms with Crippen molar-refractivity contribution in [1.82, 2.24) is 4.72 Å². The molecule has 0 amide bonds. The first-order valence-electron chi connectivity index (χ1n) is 5.59. The van der Waals surface area contributed by atoms with E-state index < -0.39 is 22.0 Å². The zero-order valence-corrected chi connectivity index (χ0v) is 11.8. The third-order valence-corrected chi connectivity index (χ3v) is 4.18. The molecule has 0 aromatic heterocycles. The Morgan fingerprint density at radius 1 is 1.42 bits per heavy atom. The summed E-state index contributed by atoms with van der Waals surface area (Å²) in [5, 5.41) is 8.93. The molecule has 1 aromatic carbocycles. The number of rotatable bonds is 6. The maximum absolute atomic E-state index is 12.2. The van der Waals surface area contributed by atoms with Gasteiger partial charge in [-0.1, -0.05) is 12.1 Å². The van der Waals surface area contributed by atoms with E-state index in [1.54, 1.807) is 26.0 Å². The van der Waals surface area contributed by atoms with E-state index in [0.29, 0.717) is 5.56 Å². The fraction of sp³-hybridized carbons (Fsp3) is 0.417. The number of aryl methyl sites for hydroxylation is 2. The van der Waals surface area contributed by atoms with Crippen LogP contribution in [0.4, 0.5) is 0 Å². The predicted molar refractivity (Wildman–Crippen MR) is 69.5 cm³/mol. The molecule has 7 heteroatoms. The van der Waals surface area contributed by atoms with Crippen LogP contribution in [0.5, 0.6) is 0 Å². The summed E-state index contributed by atoms with van der Waals surface area (Å²) in [6.45, 7) is 3.18. The topological polar surface area (TPSA) is 92.7 Å². The molecule has 0 heterocycles. The van der Waals surface area contributed by atoms with Crippen molar-refractivity contribution in [3.05, 3.63) is 29.3 Å². The van der Waals surface area contributed by atoms with Crippen molar-refractivity contribution >= 4 is 16.0 Å². The standard InChI is InChI=1S/C12H17NO5S/c1-8-4-5-9(2)11(6-8)19(16,17)13-10(7-18-3)12(14)15/h4-6,10,13H,7H2,1-3H3,(H,14,15). The van der Waals surface area contributed by atoms with Crippen LogP contribution in [0.15, 0.2) is 23.1 Å². The van der Waals surface area contributed by atoms with Gasteiger partial charge < -0.3 is 9.84 Å². The second kappa shape index (κ2) is 6.14. The lowest BCUT2D eigenvalue weighted by Crippen LogP contribution is -2.43. The molecular formula is C12H17NO5S. The van der Waals surface area contributed by atoms with Gasteiger partial charge in [-0.15, -0.1) is 0 Å². The minimum atomic E-state index is -3.89. The number of hydrogen-bond acceptors (Lipinski definition) is 4.